The number of nitrogens with one attached hydrogen (secondary N) is 1. The van der Waals surface area contributed by atoms with Crippen LogP contribution in [0.3, 0.4) is 0 Å². The Balaban J connectivity index is 1.46. The van der Waals surface area contributed by atoms with E-state index in [1.807, 2.05) is 0 Å². The van der Waals surface area contributed by atoms with E-state index in [1.165, 1.54) is 12.3 Å². The van der Waals surface area contributed by atoms with E-state index in [9.17, 15) is 18.0 Å². The normalized spacial score (nSPS) is 14.8. The Morgan fingerprint density at radius 1 is 1.21 bits per heavy atom. The highest BCUT2D eigenvalue weighted by Gasteiger charge is 2.30. The summed E-state index contributed by atoms with van der Waals surface area (Å²) in [5.41, 5.74) is 2.47. The van der Waals surface area contributed by atoms with Crippen LogP contribution in [-0.4, -0.2) is 54.9 Å². The largest absolute Gasteiger partial charge is 0.484 e. The third kappa shape index (κ3) is 6.18. The molecule has 154 valence electrons. The van der Waals surface area contributed by atoms with Crippen molar-refractivity contribution in [2.75, 3.05) is 38.3 Å². The van der Waals surface area contributed by atoms with Gasteiger partial charge < -0.3 is 14.4 Å². The maximum absolute atomic E-state index is 12.5. The summed E-state index contributed by atoms with van der Waals surface area (Å²) < 4.78 is 48.2. The van der Waals surface area contributed by atoms with Crippen molar-refractivity contribution in [1.82, 2.24) is 9.88 Å². The topological polar surface area (TPSA) is 76.0 Å². The zero-order valence-corrected chi connectivity index (χ0v) is 15.4. The number of anilines is 1. The maximum Gasteiger partial charge on any atom is 0.417 e. The van der Waals surface area contributed by atoms with Crippen molar-refractivity contribution in [2.24, 2.45) is 5.10 Å². The lowest BCUT2D eigenvalue weighted by Crippen LogP contribution is -2.42. The van der Waals surface area contributed by atoms with Gasteiger partial charge in [-0.3, -0.25) is 10.2 Å². The minimum Gasteiger partial charge on any atom is -0.484 e. The summed E-state index contributed by atoms with van der Waals surface area (Å²) in [4.78, 5) is 17.4. The number of carbonyl (C=O) groups excluding carboxylic acids is 1. The number of amides is 1. The number of aromatic nitrogens is 1. The molecule has 0 saturated carbocycles. The first-order chi connectivity index (χ1) is 13.9. The zero-order valence-electron chi connectivity index (χ0n) is 15.4. The van der Waals surface area contributed by atoms with E-state index in [0.29, 0.717) is 32.1 Å². The molecule has 7 nitrogen and oxygen atoms in total. The molecule has 0 bridgehead atoms. The van der Waals surface area contributed by atoms with Gasteiger partial charge in [0.05, 0.1) is 25.0 Å². The second-order valence-electron chi connectivity index (χ2n) is 6.15. The molecule has 1 saturated heterocycles. The average molecular weight is 408 g/mol. The van der Waals surface area contributed by atoms with Gasteiger partial charge in [-0.1, -0.05) is 0 Å². The highest BCUT2D eigenvalue weighted by atomic mass is 19.4. The number of nitrogens with zero attached hydrogens (tertiary/aromatic N) is 3. The fraction of sp³-hybridized carbons (Fsp3) is 0.316. The number of hydrogen-bond acceptors (Lipinski definition) is 6. The minimum atomic E-state index is -4.43. The van der Waals surface area contributed by atoms with Gasteiger partial charge >= 0.3 is 6.18 Å². The van der Waals surface area contributed by atoms with Crippen LogP contribution in [0.4, 0.5) is 19.0 Å². The third-order valence-electron chi connectivity index (χ3n) is 4.09. The Hall–Kier alpha value is -3.14. The van der Waals surface area contributed by atoms with E-state index in [-0.39, 0.29) is 18.3 Å². The summed E-state index contributed by atoms with van der Waals surface area (Å²) in [5.74, 6) is 0.643. The number of rotatable bonds is 6. The van der Waals surface area contributed by atoms with Crippen molar-refractivity contribution in [3.05, 3.63) is 53.7 Å². The van der Waals surface area contributed by atoms with E-state index in [1.54, 1.807) is 29.2 Å². The molecular formula is C19H19F3N4O3. The molecule has 0 aliphatic carbocycles. The quantitative estimate of drug-likeness (QED) is 0.588. The van der Waals surface area contributed by atoms with Gasteiger partial charge in [0.15, 0.2) is 6.61 Å². The molecular weight excluding hydrogens is 389 g/mol. The molecule has 0 spiro atoms. The number of morpholine rings is 1. The summed E-state index contributed by atoms with van der Waals surface area (Å²) in [6.07, 6.45) is -2.20. The van der Waals surface area contributed by atoms with E-state index < -0.39 is 11.7 Å². The highest BCUT2D eigenvalue weighted by Crippen LogP contribution is 2.28. The SMILES string of the molecule is O=C(COc1ccc(/C=N/Nc2ccc(C(F)(F)F)cn2)cc1)N1CCOCC1. The van der Waals surface area contributed by atoms with E-state index in [2.05, 4.69) is 15.5 Å². The smallest absolute Gasteiger partial charge is 0.417 e. The van der Waals surface area contributed by atoms with Crippen molar-refractivity contribution >= 4 is 17.9 Å². The lowest BCUT2D eigenvalue weighted by Gasteiger charge is -2.26. The summed E-state index contributed by atoms with van der Waals surface area (Å²) in [7, 11) is 0. The van der Waals surface area contributed by atoms with Crippen LogP contribution in [0, 0.1) is 0 Å². The molecule has 1 aromatic carbocycles. The molecule has 1 N–H and O–H groups in total. The fourth-order valence-electron chi connectivity index (χ4n) is 2.50. The molecule has 1 aromatic heterocycles. The first-order valence-electron chi connectivity index (χ1n) is 8.82. The molecule has 29 heavy (non-hydrogen) atoms. The van der Waals surface area contributed by atoms with Gasteiger partial charge in [0.1, 0.15) is 11.6 Å². The number of halogens is 3. The van der Waals surface area contributed by atoms with Crippen LogP contribution in [0.5, 0.6) is 5.75 Å². The molecule has 1 fully saturated rings. The number of hydrazone groups is 1. The number of benzene rings is 1. The first-order valence-corrected chi connectivity index (χ1v) is 8.82. The standard InChI is InChI=1S/C19H19F3N4O3/c20-19(21,22)15-3-6-17(23-12-15)25-24-11-14-1-4-16(5-2-14)29-13-18(27)26-7-9-28-10-8-26/h1-6,11-12H,7-10,13H2,(H,23,25)/b24-11+. The molecule has 0 atom stereocenters. The number of ether oxygens (including phenoxy) is 2. The number of carbonyl (C=O) groups is 1. The van der Waals surface area contributed by atoms with Crippen LogP contribution in [0.2, 0.25) is 0 Å². The van der Waals surface area contributed by atoms with E-state index >= 15 is 0 Å². The zero-order chi connectivity index (χ0) is 20.7. The Morgan fingerprint density at radius 3 is 2.55 bits per heavy atom. The van der Waals surface area contributed by atoms with Crippen molar-refractivity contribution in [1.29, 1.82) is 0 Å². The summed E-state index contributed by atoms with van der Waals surface area (Å²) >= 11 is 0. The molecule has 0 radical (unpaired) electrons. The molecule has 2 aromatic rings. The van der Waals surface area contributed by atoms with Gasteiger partial charge in [-0.2, -0.15) is 18.3 Å². The Morgan fingerprint density at radius 2 is 1.93 bits per heavy atom. The van der Waals surface area contributed by atoms with Gasteiger partial charge in [0.2, 0.25) is 0 Å². The first kappa shape index (κ1) is 20.6. The van der Waals surface area contributed by atoms with Crippen LogP contribution in [0.15, 0.2) is 47.7 Å². The maximum atomic E-state index is 12.5. The van der Waals surface area contributed by atoms with Crippen molar-refractivity contribution < 1.29 is 27.4 Å². The highest BCUT2D eigenvalue weighted by molar-refractivity contribution is 5.80. The molecule has 1 aliphatic heterocycles. The Bertz CT molecular complexity index is 833. The molecule has 3 rings (SSSR count). The second-order valence-corrected chi connectivity index (χ2v) is 6.15. The molecule has 2 heterocycles. The Kier molecular flexibility index (Phi) is 6.65. The van der Waals surface area contributed by atoms with Crippen LogP contribution >= 0.6 is 0 Å². The average Bonchev–Trinajstić information content (AvgIpc) is 2.73. The molecule has 1 aliphatic rings. The minimum absolute atomic E-state index is 0.0470. The van der Waals surface area contributed by atoms with Gasteiger partial charge in [0, 0.05) is 19.3 Å². The van der Waals surface area contributed by atoms with Crippen LogP contribution in [0.1, 0.15) is 11.1 Å². The van der Waals surface area contributed by atoms with Crippen LogP contribution in [0.25, 0.3) is 0 Å². The van der Waals surface area contributed by atoms with Gasteiger partial charge in [-0.15, -0.1) is 0 Å². The van der Waals surface area contributed by atoms with Crippen LogP contribution in [-0.2, 0) is 15.7 Å². The molecule has 10 heteroatoms. The molecule has 1 amide bonds. The third-order valence-corrected chi connectivity index (χ3v) is 4.09. The lowest BCUT2D eigenvalue weighted by molar-refractivity contribution is -0.138. The molecule has 0 unspecified atom stereocenters. The summed E-state index contributed by atoms with van der Waals surface area (Å²) in [5, 5.41) is 3.94. The summed E-state index contributed by atoms with van der Waals surface area (Å²) in [6, 6.07) is 8.99. The van der Waals surface area contributed by atoms with E-state index in [0.717, 1.165) is 17.8 Å². The predicted octanol–water partition coefficient (Wildman–Crippen LogP) is 2.78. The van der Waals surface area contributed by atoms with Gasteiger partial charge in [-0.05, 0) is 42.0 Å². The van der Waals surface area contributed by atoms with Gasteiger partial charge in [-0.25, -0.2) is 4.98 Å². The lowest BCUT2D eigenvalue weighted by atomic mass is 10.2. The summed E-state index contributed by atoms with van der Waals surface area (Å²) in [6.45, 7) is 2.16. The second kappa shape index (κ2) is 9.37. The van der Waals surface area contributed by atoms with Crippen LogP contribution < -0.4 is 10.2 Å². The monoisotopic (exact) mass is 408 g/mol. The van der Waals surface area contributed by atoms with Crippen molar-refractivity contribution in [3.8, 4) is 5.75 Å². The van der Waals surface area contributed by atoms with Crippen molar-refractivity contribution in [3.63, 3.8) is 0 Å². The number of hydrogen-bond donors (Lipinski definition) is 1. The number of alkyl halides is 3. The fourth-order valence-corrected chi connectivity index (χ4v) is 2.50. The number of pyridine rings is 1. The Labute approximate surface area is 165 Å². The van der Waals surface area contributed by atoms with Crippen molar-refractivity contribution in [2.45, 2.75) is 6.18 Å². The van der Waals surface area contributed by atoms with E-state index in [4.69, 9.17) is 9.47 Å². The van der Waals surface area contributed by atoms with Gasteiger partial charge in [0.25, 0.3) is 5.91 Å². The predicted molar refractivity (Wildman–Crippen MR) is 99.8 cm³/mol.